The first kappa shape index (κ1) is 35.1. The number of anilines is 1. The Hall–Kier alpha value is -2.98. The normalized spacial score (nSPS) is 24.3. The Bertz CT molecular complexity index is 1670. The van der Waals surface area contributed by atoms with E-state index in [-0.39, 0.29) is 5.91 Å². The SMILES string of the molecule is CCC(C)c1cc2nccn2cc1C1CCN(CC2CN(C)C2)CC1.CN1CCC(CN2CC3(C2)CN(c2ccc4c(c2)CN(C)C4=O)C3)CC1. The average molecular weight is 695 g/mol. The quantitative estimate of drug-likeness (QED) is 0.317. The van der Waals surface area contributed by atoms with Crippen molar-refractivity contribution in [2.75, 3.05) is 105 Å². The maximum Gasteiger partial charge on any atom is 0.254 e. The summed E-state index contributed by atoms with van der Waals surface area (Å²) in [4.78, 5) is 31.1. The third-order valence-corrected chi connectivity index (χ3v) is 13.4. The molecular formula is C42H62N8O. The molecule has 0 saturated carbocycles. The molecule has 0 aliphatic carbocycles. The molecular weight excluding hydrogens is 633 g/mol. The number of benzene rings is 1. The summed E-state index contributed by atoms with van der Waals surface area (Å²) < 4.78 is 2.21. The van der Waals surface area contributed by atoms with Gasteiger partial charge in [-0.15, -0.1) is 0 Å². The second-order valence-corrected chi connectivity index (χ2v) is 17.6. The molecule has 9 nitrogen and oxygen atoms in total. The van der Waals surface area contributed by atoms with E-state index in [0.717, 1.165) is 29.6 Å². The highest BCUT2D eigenvalue weighted by atomic mass is 16.2. The summed E-state index contributed by atoms with van der Waals surface area (Å²) in [6.45, 7) is 20.6. The summed E-state index contributed by atoms with van der Waals surface area (Å²) in [5.41, 5.74) is 8.10. The molecule has 0 radical (unpaired) electrons. The molecule has 1 aromatic carbocycles. The first-order chi connectivity index (χ1) is 24.6. The van der Waals surface area contributed by atoms with Gasteiger partial charge >= 0.3 is 0 Å². The largest absolute Gasteiger partial charge is 0.370 e. The molecule has 51 heavy (non-hydrogen) atoms. The Morgan fingerprint density at radius 3 is 2.29 bits per heavy atom. The van der Waals surface area contributed by atoms with Crippen LogP contribution in [0, 0.1) is 17.3 Å². The molecule has 6 aliphatic rings. The fourth-order valence-corrected chi connectivity index (χ4v) is 10.2. The zero-order valence-electron chi connectivity index (χ0n) is 32.1. The summed E-state index contributed by atoms with van der Waals surface area (Å²) in [6, 6.07) is 8.73. The molecule has 3 aromatic rings. The van der Waals surface area contributed by atoms with E-state index in [0.29, 0.717) is 17.3 Å². The lowest BCUT2D eigenvalue weighted by Crippen LogP contribution is -2.72. The summed E-state index contributed by atoms with van der Waals surface area (Å²) in [6.07, 6.45) is 12.9. The fourth-order valence-electron chi connectivity index (χ4n) is 10.2. The second-order valence-electron chi connectivity index (χ2n) is 17.6. The molecule has 6 aliphatic heterocycles. The number of hydrogen-bond acceptors (Lipinski definition) is 7. The van der Waals surface area contributed by atoms with Crippen molar-refractivity contribution in [1.82, 2.24) is 33.9 Å². The number of aromatic nitrogens is 2. The highest BCUT2D eigenvalue weighted by Crippen LogP contribution is 2.43. The van der Waals surface area contributed by atoms with Gasteiger partial charge in [-0.1, -0.05) is 13.8 Å². The number of likely N-dealkylation sites (tertiary alicyclic amines) is 4. The molecule has 1 spiro atoms. The number of piperidine rings is 2. The van der Waals surface area contributed by atoms with E-state index >= 15 is 0 Å². The predicted molar refractivity (Wildman–Crippen MR) is 207 cm³/mol. The molecule has 1 unspecified atom stereocenters. The molecule has 2 aromatic heterocycles. The van der Waals surface area contributed by atoms with E-state index in [2.05, 4.69) is 92.4 Å². The van der Waals surface area contributed by atoms with Crippen LogP contribution in [-0.4, -0.2) is 139 Å². The van der Waals surface area contributed by atoms with Gasteiger partial charge in [-0.05, 0) is 137 Å². The van der Waals surface area contributed by atoms with Gasteiger partial charge in [0.1, 0.15) is 5.65 Å². The van der Waals surface area contributed by atoms with Crippen LogP contribution in [0.2, 0.25) is 0 Å². The topological polar surface area (TPSA) is 53.8 Å². The standard InChI is InChI=1S/C21H30N4O.C21H32N4/c1-22-7-5-16(6-8-22)10-24-12-21(13-24)14-25(15-21)18-3-4-19-17(9-18)11-23(2)20(19)26;1-4-16(2)19-11-21-22-7-10-25(21)15-20(19)18-5-8-24(9-6-18)14-17-12-23(3)13-17/h3-4,9,16H,5-8,10-15H2,1-2H3;7,10-11,15-18H,4-6,8-9,12-14H2,1-3H3. The van der Waals surface area contributed by atoms with Gasteiger partial charge in [-0.25, -0.2) is 4.98 Å². The number of pyridine rings is 1. The maximum absolute atomic E-state index is 12.0. The van der Waals surface area contributed by atoms with Crippen molar-refractivity contribution in [3.05, 3.63) is 65.1 Å². The molecule has 5 saturated heterocycles. The Labute approximate surface area is 306 Å². The Morgan fingerprint density at radius 1 is 0.863 bits per heavy atom. The number of hydrogen-bond donors (Lipinski definition) is 0. The van der Waals surface area contributed by atoms with E-state index in [1.807, 2.05) is 19.3 Å². The van der Waals surface area contributed by atoms with Crippen molar-refractivity contribution >= 4 is 17.2 Å². The lowest BCUT2D eigenvalue weighted by molar-refractivity contribution is -0.0351. The summed E-state index contributed by atoms with van der Waals surface area (Å²) >= 11 is 0. The minimum atomic E-state index is 0.162. The summed E-state index contributed by atoms with van der Waals surface area (Å²) in [5, 5.41) is 0. The second kappa shape index (κ2) is 14.4. The van der Waals surface area contributed by atoms with E-state index < -0.39 is 0 Å². The van der Waals surface area contributed by atoms with Gasteiger partial charge in [0.25, 0.3) is 5.91 Å². The number of carbonyl (C=O) groups is 1. The van der Waals surface area contributed by atoms with Crippen molar-refractivity contribution in [2.45, 2.75) is 64.3 Å². The number of rotatable bonds is 8. The first-order valence-corrected chi connectivity index (χ1v) is 20.1. The zero-order chi connectivity index (χ0) is 35.3. The van der Waals surface area contributed by atoms with E-state index in [9.17, 15) is 4.79 Å². The van der Waals surface area contributed by atoms with Crippen molar-refractivity contribution in [3.8, 4) is 0 Å². The lowest BCUT2D eigenvalue weighted by Gasteiger charge is -2.61. The maximum atomic E-state index is 12.0. The van der Waals surface area contributed by atoms with Crippen LogP contribution < -0.4 is 4.90 Å². The highest BCUT2D eigenvalue weighted by Gasteiger charge is 2.52. The number of nitrogens with zero attached hydrogens (tertiary/aromatic N) is 8. The zero-order valence-corrected chi connectivity index (χ0v) is 32.1. The smallest absolute Gasteiger partial charge is 0.254 e. The van der Waals surface area contributed by atoms with E-state index in [1.165, 1.54) is 127 Å². The van der Waals surface area contributed by atoms with Crippen molar-refractivity contribution < 1.29 is 4.79 Å². The minimum Gasteiger partial charge on any atom is -0.370 e. The van der Waals surface area contributed by atoms with Crippen LogP contribution in [0.15, 0.2) is 42.9 Å². The van der Waals surface area contributed by atoms with E-state index in [1.54, 1.807) is 10.5 Å². The molecule has 276 valence electrons. The van der Waals surface area contributed by atoms with Crippen LogP contribution in [-0.2, 0) is 6.54 Å². The van der Waals surface area contributed by atoms with Crippen molar-refractivity contribution in [1.29, 1.82) is 0 Å². The molecule has 0 N–H and O–H groups in total. The highest BCUT2D eigenvalue weighted by molar-refractivity contribution is 5.98. The molecule has 9 rings (SSSR count). The van der Waals surface area contributed by atoms with Crippen molar-refractivity contribution in [2.24, 2.45) is 17.3 Å². The predicted octanol–water partition coefficient (Wildman–Crippen LogP) is 5.32. The van der Waals surface area contributed by atoms with Crippen LogP contribution >= 0.6 is 0 Å². The molecule has 1 atom stereocenters. The van der Waals surface area contributed by atoms with Gasteiger partial charge in [0.2, 0.25) is 0 Å². The van der Waals surface area contributed by atoms with Crippen LogP contribution in [0.1, 0.15) is 84.8 Å². The molecule has 1 amide bonds. The molecule has 9 heteroatoms. The minimum absolute atomic E-state index is 0.162. The monoisotopic (exact) mass is 695 g/mol. The Balaban J connectivity index is 0.000000147. The van der Waals surface area contributed by atoms with Crippen molar-refractivity contribution in [3.63, 3.8) is 0 Å². The Morgan fingerprint density at radius 2 is 1.59 bits per heavy atom. The number of carbonyl (C=O) groups excluding carboxylic acids is 1. The van der Waals surface area contributed by atoms with Crippen LogP contribution in [0.25, 0.3) is 5.65 Å². The number of imidazole rings is 1. The van der Waals surface area contributed by atoms with Crippen LogP contribution in [0.4, 0.5) is 5.69 Å². The summed E-state index contributed by atoms with van der Waals surface area (Å²) in [7, 11) is 6.35. The van der Waals surface area contributed by atoms with Crippen LogP contribution in [0.5, 0.6) is 0 Å². The van der Waals surface area contributed by atoms with Gasteiger partial charge in [0.15, 0.2) is 0 Å². The number of amides is 1. The average Bonchev–Trinajstić information content (AvgIpc) is 3.67. The molecule has 5 fully saturated rings. The van der Waals surface area contributed by atoms with Crippen LogP contribution in [0.3, 0.4) is 0 Å². The first-order valence-electron chi connectivity index (χ1n) is 20.1. The van der Waals surface area contributed by atoms with Gasteiger partial charge in [0.05, 0.1) is 0 Å². The third-order valence-electron chi connectivity index (χ3n) is 13.4. The van der Waals surface area contributed by atoms with Gasteiger partial charge in [0, 0.05) is 101 Å². The van der Waals surface area contributed by atoms with Gasteiger partial charge < -0.3 is 33.8 Å². The third kappa shape index (κ3) is 7.33. The molecule has 0 bridgehead atoms. The fraction of sp³-hybridized carbons (Fsp3) is 0.667. The Kier molecular flexibility index (Phi) is 9.94. The summed E-state index contributed by atoms with van der Waals surface area (Å²) in [5.74, 6) is 3.29. The van der Waals surface area contributed by atoms with E-state index in [4.69, 9.17) is 0 Å². The van der Waals surface area contributed by atoms with Gasteiger partial charge in [-0.2, -0.15) is 0 Å². The lowest BCUT2D eigenvalue weighted by atomic mass is 9.72. The van der Waals surface area contributed by atoms with Gasteiger partial charge in [-0.3, -0.25) is 4.79 Å². The molecule has 8 heterocycles. The number of fused-ring (bicyclic) bond motifs is 2.